The molecule has 0 aromatic carbocycles. The molecule has 0 atom stereocenters. The number of hydrogen-bond donors (Lipinski definition) is 1. The second kappa shape index (κ2) is 5.67. The van der Waals surface area contributed by atoms with Gasteiger partial charge in [0.25, 0.3) is 0 Å². The first-order chi connectivity index (χ1) is 8.25. The van der Waals surface area contributed by atoms with Crippen LogP contribution in [0.1, 0.15) is 19.3 Å². The molecular weight excluding hydrogens is 238 g/mol. The predicted molar refractivity (Wildman–Crippen MR) is 65.2 cm³/mol. The number of carboxylic acids is 1. The molecule has 0 aliphatic heterocycles. The van der Waals surface area contributed by atoms with Crippen LogP contribution in [0.4, 0.5) is 0 Å². The van der Waals surface area contributed by atoms with E-state index < -0.39 is 5.97 Å². The monoisotopic (exact) mass is 251 g/mol. The first-order valence-electron chi connectivity index (χ1n) is 5.41. The number of nitrogens with zero attached hydrogens (tertiary/aromatic N) is 3. The minimum absolute atomic E-state index is 0.245. The van der Waals surface area contributed by atoms with Gasteiger partial charge in [0, 0.05) is 18.8 Å². The lowest BCUT2D eigenvalue weighted by Crippen LogP contribution is -1.95. The van der Waals surface area contributed by atoms with E-state index in [1.807, 2.05) is 18.3 Å². The van der Waals surface area contributed by atoms with Crippen molar-refractivity contribution >= 4 is 23.4 Å². The van der Waals surface area contributed by atoms with Gasteiger partial charge in [0.1, 0.15) is 5.03 Å². The number of fused-ring (bicyclic) bond motifs is 1. The number of rotatable bonds is 6. The Morgan fingerprint density at radius 3 is 3.12 bits per heavy atom. The summed E-state index contributed by atoms with van der Waals surface area (Å²) in [6, 6.07) is 3.86. The number of imidazole rings is 1. The molecule has 0 aliphatic carbocycles. The van der Waals surface area contributed by atoms with Gasteiger partial charge in [-0.05, 0) is 30.7 Å². The van der Waals surface area contributed by atoms with Gasteiger partial charge in [0.05, 0.1) is 0 Å². The van der Waals surface area contributed by atoms with Crippen molar-refractivity contribution in [1.29, 1.82) is 0 Å². The van der Waals surface area contributed by atoms with Crippen LogP contribution in [0, 0.1) is 0 Å². The van der Waals surface area contributed by atoms with Gasteiger partial charge in [-0.1, -0.05) is 0 Å². The Balaban J connectivity index is 1.80. The zero-order chi connectivity index (χ0) is 12.1. The van der Waals surface area contributed by atoms with Crippen LogP contribution in [-0.4, -0.2) is 31.4 Å². The van der Waals surface area contributed by atoms with Crippen LogP contribution in [-0.2, 0) is 4.79 Å². The summed E-state index contributed by atoms with van der Waals surface area (Å²) in [5, 5.41) is 13.8. The molecule has 0 unspecified atom stereocenters. The molecule has 0 radical (unpaired) electrons. The fourth-order valence-electron chi connectivity index (χ4n) is 1.43. The Hall–Kier alpha value is -1.56. The van der Waals surface area contributed by atoms with Crippen molar-refractivity contribution in [1.82, 2.24) is 14.6 Å². The Morgan fingerprint density at radius 2 is 2.29 bits per heavy atom. The van der Waals surface area contributed by atoms with Crippen molar-refractivity contribution in [3.63, 3.8) is 0 Å². The average molecular weight is 251 g/mol. The van der Waals surface area contributed by atoms with Crippen LogP contribution in [0.5, 0.6) is 0 Å². The molecule has 0 spiro atoms. The smallest absolute Gasteiger partial charge is 0.303 e. The van der Waals surface area contributed by atoms with E-state index in [9.17, 15) is 4.79 Å². The van der Waals surface area contributed by atoms with Gasteiger partial charge in [-0.15, -0.1) is 11.8 Å². The van der Waals surface area contributed by atoms with Crippen LogP contribution in [0.3, 0.4) is 0 Å². The Kier molecular flexibility index (Phi) is 3.98. The van der Waals surface area contributed by atoms with Gasteiger partial charge in [-0.25, -0.2) is 9.50 Å². The molecule has 5 nitrogen and oxygen atoms in total. The highest BCUT2D eigenvalue weighted by molar-refractivity contribution is 7.99. The predicted octanol–water partition coefficient (Wildman–Crippen LogP) is 2.08. The quantitative estimate of drug-likeness (QED) is 0.629. The molecule has 0 amide bonds. The Labute approximate surface area is 103 Å². The van der Waals surface area contributed by atoms with E-state index >= 15 is 0 Å². The van der Waals surface area contributed by atoms with Crippen molar-refractivity contribution in [3.05, 3.63) is 24.5 Å². The highest BCUT2D eigenvalue weighted by atomic mass is 32.2. The molecular formula is C11H13N3O2S. The van der Waals surface area contributed by atoms with Gasteiger partial charge in [-0.2, -0.15) is 5.10 Å². The maximum absolute atomic E-state index is 10.3. The number of aromatic nitrogens is 3. The number of thioether (sulfide) groups is 1. The average Bonchev–Trinajstić information content (AvgIpc) is 2.75. The van der Waals surface area contributed by atoms with Crippen molar-refractivity contribution in [2.45, 2.75) is 24.3 Å². The second-order valence-corrected chi connectivity index (χ2v) is 4.72. The van der Waals surface area contributed by atoms with E-state index in [2.05, 4.69) is 10.1 Å². The fourth-order valence-corrected chi connectivity index (χ4v) is 2.30. The van der Waals surface area contributed by atoms with Crippen molar-refractivity contribution in [3.8, 4) is 0 Å². The maximum atomic E-state index is 10.3. The van der Waals surface area contributed by atoms with E-state index in [0.717, 1.165) is 29.3 Å². The number of hydrogen-bond acceptors (Lipinski definition) is 4. The summed E-state index contributed by atoms with van der Waals surface area (Å²) in [5.41, 5.74) is 0.834. The molecule has 0 saturated carbocycles. The van der Waals surface area contributed by atoms with Gasteiger partial charge in [0.15, 0.2) is 5.65 Å². The van der Waals surface area contributed by atoms with E-state index in [0.29, 0.717) is 0 Å². The van der Waals surface area contributed by atoms with E-state index in [1.165, 1.54) is 0 Å². The van der Waals surface area contributed by atoms with Crippen LogP contribution in [0.2, 0.25) is 0 Å². The van der Waals surface area contributed by atoms with Gasteiger partial charge in [0.2, 0.25) is 0 Å². The molecule has 17 heavy (non-hydrogen) atoms. The van der Waals surface area contributed by atoms with Gasteiger partial charge >= 0.3 is 5.97 Å². The Morgan fingerprint density at radius 1 is 1.41 bits per heavy atom. The summed E-state index contributed by atoms with van der Waals surface area (Å²) in [7, 11) is 0. The molecule has 0 saturated heterocycles. The van der Waals surface area contributed by atoms with Gasteiger partial charge in [-0.3, -0.25) is 4.79 Å². The van der Waals surface area contributed by atoms with E-state index in [-0.39, 0.29) is 6.42 Å². The SMILES string of the molecule is O=C(O)CCCCSc1ccc2nccn2n1. The minimum Gasteiger partial charge on any atom is -0.481 e. The summed E-state index contributed by atoms with van der Waals surface area (Å²) in [6.07, 6.45) is 5.37. The Bertz CT molecular complexity index is 512. The molecule has 2 heterocycles. The highest BCUT2D eigenvalue weighted by Gasteiger charge is 2.00. The standard InChI is InChI=1S/C11H13N3O2S/c15-11(16)3-1-2-8-17-10-5-4-9-12-6-7-14(9)13-10/h4-7H,1-3,8H2,(H,15,16). The molecule has 6 heteroatoms. The molecule has 0 fully saturated rings. The molecule has 2 aromatic heterocycles. The summed E-state index contributed by atoms with van der Waals surface area (Å²) >= 11 is 1.64. The van der Waals surface area contributed by atoms with Crippen LogP contribution >= 0.6 is 11.8 Å². The van der Waals surface area contributed by atoms with Crippen LogP contribution in [0.25, 0.3) is 5.65 Å². The number of carbonyl (C=O) groups is 1. The largest absolute Gasteiger partial charge is 0.481 e. The summed E-state index contributed by atoms with van der Waals surface area (Å²) in [6.45, 7) is 0. The zero-order valence-corrected chi connectivity index (χ0v) is 10.1. The maximum Gasteiger partial charge on any atom is 0.303 e. The molecule has 90 valence electrons. The normalized spacial score (nSPS) is 10.8. The number of aliphatic carboxylic acids is 1. The minimum atomic E-state index is -0.729. The van der Waals surface area contributed by atoms with Crippen molar-refractivity contribution in [2.24, 2.45) is 0 Å². The second-order valence-electron chi connectivity index (χ2n) is 3.60. The van der Waals surface area contributed by atoms with Crippen molar-refractivity contribution < 1.29 is 9.90 Å². The first kappa shape index (κ1) is 11.9. The third-order valence-electron chi connectivity index (χ3n) is 2.27. The highest BCUT2D eigenvalue weighted by Crippen LogP contribution is 2.17. The van der Waals surface area contributed by atoms with E-state index in [1.54, 1.807) is 22.5 Å². The summed E-state index contributed by atoms with van der Waals surface area (Å²) in [5.74, 6) is 0.161. The lowest BCUT2D eigenvalue weighted by Gasteiger charge is -2.00. The molecule has 0 bridgehead atoms. The lowest BCUT2D eigenvalue weighted by atomic mass is 10.3. The van der Waals surface area contributed by atoms with E-state index in [4.69, 9.17) is 5.11 Å². The fraction of sp³-hybridized carbons (Fsp3) is 0.364. The zero-order valence-electron chi connectivity index (χ0n) is 9.24. The number of carboxylic acid groups (broad SMARTS) is 1. The van der Waals surface area contributed by atoms with Crippen LogP contribution in [0.15, 0.2) is 29.6 Å². The number of unbranched alkanes of at least 4 members (excludes halogenated alkanes) is 1. The molecule has 2 rings (SSSR count). The first-order valence-corrected chi connectivity index (χ1v) is 6.39. The third kappa shape index (κ3) is 3.45. The molecule has 2 aromatic rings. The lowest BCUT2D eigenvalue weighted by molar-refractivity contribution is -0.137. The van der Waals surface area contributed by atoms with Crippen LogP contribution < -0.4 is 0 Å². The topological polar surface area (TPSA) is 67.5 Å². The summed E-state index contributed by atoms with van der Waals surface area (Å²) in [4.78, 5) is 14.4. The van der Waals surface area contributed by atoms with Gasteiger partial charge < -0.3 is 5.11 Å². The summed E-state index contributed by atoms with van der Waals surface area (Å²) < 4.78 is 1.74. The third-order valence-corrected chi connectivity index (χ3v) is 3.27. The molecule has 1 N–H and O–H groups in total. The molecule has 0 aliphatic rings. The van der Waals surface area contributed by atoms with Crippen molar-refractivity contribution in [2.75, 3.05) is 5.75 Å².